The van der Waals surface area contributed by atoms with Crippen molar-refractivity contribution in [2.75, 3.05) is 11.9 Å². The van der Waals surface area contributed by atoms with Gasteiger partial charge in [0, 0.05) is 17.1 Å². The molecule has 19 heavy (non-hydrogen) atoms. The number of thiazole rings is 1. The summed E-state index contributed by atoms with van der Waals surface area (Å²) in [5.74, 6) is 0.537. The third-order valence-corrected chi connectivity index (χ3v) is 2.94. The Morgan fingerprint density at radius 1 is 1.42 bits per heavy atom. The van der Waals surface area contributed by atoms with Crippen LogP contribution < -0.4 is 10.1 Å². The summed E-state index contributed by atoms with van der Waals surface area (Å²) < 4.78 is 5.47. The van der Waals surface area contributed by atoms with Crippen molar-refractivity contribution in [3.8, 4) is 5.75 Å². The highest BCUT2D eigenvalue weighted by Crippen LogP contribution is 2.15. The summed E-state index contributed by atoms with van der Waals surface area (Å²) in [6, 6.07) is 6.97. The Balaban J connectivity index is 1.97. The van der Waals surface area contributed by atoms with E-state index >= 15 is 0 Å². The van der Waals surface area contributed by atoms with Gasteiger partial charge in [-0.2, -0.15) is 0 Å². The van der Waals surface area contributed by atoms with Crippen LogP contribution in [0.25, 0.3) is 0 Å². The predicted octanol–water partition coefficient (Wildman–Crippen LogP) is 3.35. The number of hydrogen-bond acceptors (Lipinski definition) is 4. The van der Waals surface area contributed by atoms with Gasteiger partial charge < -0.3 is 4.74 Å². The van der Waals surface area contributed by atoms with Crippen LogP contribution in [0, 0.1) is 0 Å². The minimum absolute atomic E-state index is 0.179. The molecule has 5 heteroatoms. The quantitative estimate of drug-likeness (QED) is 0.851. The van der Waals surface area contributed by atoms with E-state index in [4.69, 9.17) is 4.74 Å². The number of rotatable bonds is 5. The number of nitrogens with zero attached hydrogens (tertiary/aromatic N) is 1. The molecule has 0 fully saturated rings. The highest BCUT2D eigenvalue weighted by molar-refractivity contribution is 7.13. The molecule has 0 aliphatic carbocycles. The van der Waals surface area contributed by atoms with Gasteiger partial charge in [0.2, 0.25) is 0 Å². The molecule has 4 nitrogen and oxygen atoms in total. The van der Waals surface area contributed by atoms with Crippen LogP contribution >= 0.6 is 11.3 Å². The number of anilines is 1. The van der Waals surface area contributed by atoms with E-state index in [2.05, 4.69) is 16.9 Å². The predicted molar refractivity (Wildman–Crippen MR) is 76.8 cm³/mol. The summed E-state index contributed by atoms with van der Waals surface area (Å²) in [6.45, 7) is 6.14. The molecule has 0 saturated heterocycles. The van der Waals surface area contributed by atoms with Crippen molar-refractivity contribution in [3.05, 3.63) is 53.6 Å². The van der Waals surface area contributed by atoms with Gasteiger partial charge >= 0.3 is 0 Å². The van der Waals surface area contributed by atoms with Gasteiger partial charge in [-0.05, 0) is 36.8 Å². The number of aromatic nitrogens is 1. The van der Waals surface area contributed by atoms with E-state index in [0.717, 1.165) is 5.57 Å². The molecule has 1 N–H and O–H groups in total. The molecular formula is C14H14N2O2S. The fourth-order valence-electron chi connectivity index (χ4n) is 1.36. The Morgan fingerprint density at radius 3 is 2.74 bits per heavy atom. The Labute approximate surface area is 115 Å². The second kappa shape index (κ2) is 6.15. The largest absolute Gasteiger partial charge is 0.489 e. The molecule has 0 saturated carbocycles. The highest BCUT2D eigenvalue weighted by Gasteiger charge is 2.07. The van der Waals surface area contributed by atoms with Gasteiger partial charge in [0.1, 0.15) is 12.4 Å². The number of carbonyl (C=O) groups is 1. The maximum Gasteiger partial charge on any atom is 0.257 e. The second-order valence-electron chi connectivity index (χ2n) is 4.06. The summed E-state index contributed by atoms with van der Waals surface area (Å²) in [6.07, 6.45) is 1.65. The monoisotopic (exact) mass is 274 g/mol. The zero-order valence-electron chi connectivity index (χ0n) is 10.6. The number of amides is 1. The number of benzene rings is 1. The van der Waals surface area contributed by atoms with E-state index in [0.29, 0.717) is 23.1 Å². The molecule has 98 valence electrons. The minimum Gasteiger partial charge on any atom is -0.489 e. The maximum atomic E-state index is 11.9. The number of hydrogen-bond donors (Lipinski definition) is 1. The molecule has 1 aromatic carbocycles. The van der Waals surface area contributed by atoms with Crippen LogP contribution in [0.2, 0.25) is 0 Å². The van der Waals surface area contributed by atoms with Crippen LogP contribution in [0.1, 0.15) is 17.3 Å². The molecule has 0 radical (unpaired) electrons. The molecular weight excluding hydrogens is 260 g/mol. The first kappa shape index (κ1) is 13.3. The average Bonchev–Trinajstić information content (AvgIpc) is 2.89. The molecule has 1 amide bonds. The first-order chi connectivity index (χ1) is 9.15. The Kier molecular flexibility index (Phi) is 4.30. The van der Waals surface area contributed by atoms with E-state index in [1.54, 1.807) is 30.5 Å². The zero-order chi connectivity index (χ0) is 13.7. The van der Waals surface area contributed by atoms with Crippen molar-refractivity contribution in [2.24, 2.45) is 0 Å². The summed E-state index contributed by atoms with van der Waals surface area (Å²) in [7, 11) is 0. The molecule has 0 atom stereocenters. The average molecular weight is 274 g/mol. The van der Waals surface area contributed by atoms with Crippen LogP contribution in [0.3, 0.4) is 0 Å². The second-order valence-corrected chi connectivity index (χ2v) is 4.96. The SMILES string of the molecule is C=C(C)COc1ccc(C(=O)Nc2nccs2)cc1. The van der Waals surface area contributed by atoms with Gasteiger partial charge in [0.05, 0.1) is 0 Å². The van der Waals surface area contributed by atoms with Crippen molar-refractivity contribution in [1.29, 1.82) is 0 Å². The maximum absolute atomic E-state index is 11.9. The Hall–Kier alpha value is -2.14. The zero-order valence-corrected chi connectivity index (χ0v) is 11.4. The van der Waals surface area contributed by atoms with Gasteiger partial charge in [-0.15, -0.1) is 11.3 Å². The van der Waals surface area contributed by atoms with Gasteiger partial charge in [-0.25, -0.2) is 4.98 Å². The van der Waals surface area contributed by atoms with Crippen LogP contribution in [-0.2, 0) is 0 Å². The van der Waals surface area contributed by atoms with Gasteiger partial charge in [-0.1, -0.05) is 6.58 Å². The topological polar surface area (TPSA) is 51.2 Å². The van der Waals surface area contributed by atoms with E-state index in [1.807, 2.05) is 12.3 Å². The summed E-state index contributed by atoms with van der Waals surface area (Å²) in [4.78, 5) is 15.9. The lowest BCUT2D eigenvalue weighted by Gasteiger charge is -2.06. The van der Waals surface area contributed by atoms with Crippen LogP contribution in [0.15, 0.2) is 48.0 Å². The molecule has 0 aliphatic rings. The molecule has 0 spiro atoms. The van der Waals surface area contributed by atoms with Crippen LogP contribution in [0.4, 0.5) is 5.13 Å². The van der Waals surface area contributed by atoms with Gasteiger partial charge in [0.25, 0.3) is 5.91 Å². The van der Waals surface area contributed by atoms with Crippen molar-refractivity contribution in [3.63, 3.8) is 0 Å². The lowest BCUT2D eigenvalue weighted by Crippen LogP contribution is -2.11. The van der Waals surface area contributed by atoms with Crippen LogP contribution in [0.5, 0.6) is 5.75 Å². The van der Waals surface area contributed by atoms with Crippen molar-refractivity contribution >= 4 is 22.4 Å². The first-order valence-corrected chi connectivity index (χ1v) is 6.61. The minimum atomic E-state index is -0.179. The van der Waals surface area contributed by atoms with E-state index in [-0.39, 0.29) is 5.91 Å². The molecule has 0 aliphatic heterocycles. The molecule has 0 unspecified atom stereocenters. The first-order valence-electron chi connectivity index (χ1n) is 5.73. The van der Waals surface area contributed by atoms with Crippen molar-refractivity contribution < 1.29 is 9.53 Å². The van der Waals surface area contributed by atoms with Gasteiger partial charge in [0.15, 0.2) is 5.13 Å². The molecule has 0 bridgehead atoms. The molecule has 1 heterocycles. The van der Waals surface area contributed by atoms with Crippen molar-refractivity contribution in [1.82, 2.24) is 4.98 Å². The molecule has 2 aromatic rings. The standard InChI is InChI=1S/C14H14N2O2S/c1-10(2)9-18-12-5-3-11(4-6-12)13(17)16-14-15-7-8-19-14/h3-8H,1,9H2,2H3,(H,15,16,17). The summed E-state index contributed by atoms with van der Waals surface area (Å²) >= 11 is 1.38. The third-order valence-electron chi connectivity index (χ3n) is 2.25. The lowest BCUT2D eigenvalue weighted by molar-refractivity contribution is 0.102. The van der Waals surface area contributed by atoms with Crippen molar-refractivity contribution in [2.45, 2.75) is 6.92 Å². The number of nitrogens with one attached hydrogen (secondary N) is 1. The van der Waals surface area contributed by atoms with Crippen LogP contribution in [-0.4, -0.2) is 17.5 Å². The molecule has 1 aromatic heterocycles. The normalized spacial score (nSPS) is 9.95. The number of ether oxygens (including phenoxy) is 1. The molecule has 2 rings (SSSR count). The fraction of sp³-hybridized carbons (Fsp3) is 0.143. The third kappa shape index (κ3) is 3.93. The number of carbonyl (C=O) groups excluding carboxylic acids is 1. The Bertz CT molecular complexity index is 562. The highest BCUT2D eigenvalue weighted by atomic mass is 32.1. The fourth-order valence-corrected chi connectivity index (χ4v) is 1.89. The van der Waals surface area contributed by atoms with E-state index < -0.39 is 0 Å². The summed E-state index contributed by atoms with van der Waals surface area (Å²) in [5.41, 5.74) is 1.52. The van der Waals surface area contributed by atoms with E-state index in [1.165, 1.54) is 11.3 Å². The van der Waals surface area contributed by atoms with Gasteiger partial charge in [-0.3, -0.25) is 10.1 Å². The lowest BCUT2D eigenvalue weighted by atomic mass is 10.2. The summed E-state index contributed by atoms with van der Waals surface area (Å²) in [5, 5.41) is 5.12. The smallest absolute Gasteiger partial charge is 0.257 e. The Morgan fingerprint density at radius 2 is 2.16 bits per heavy atom. The van der Waals surface area contributed by atoms with E-state index in [9.17, 15) is 4.79 Å².